The molecular formula is C16H25F3IN5O2. The normalized spacial score (nSPS) is 17.4. The van der Waals surface area contributed by atoms with Gasteiger partial charge in [0.1, 0.15) is 18.3 Å². The average molecular weight is 503 g/mol. The summed E-state index contributed by atoms with van der Waals surface area (Å²) in [6.07, 6.45) is -4.22. The number of aliphatic imine (C=N–C) groups is 1. The van der Waals surface area contributed by atoms with Gasteiger partial charge < -0.3 is 20.4 Å². The Kier molecular flexibility index (Phi) is 8.85. The van der Waals surface area contributed by atoms with Gasteiger partial charge in [0.25, 0.3) is 5.91 Å². The van der Waals surface area contributed by atoms with E-state index in [-0.39, 0.29) is 36.3 Å². The number of amides is 1. The zero-order valence-corrected chi connectivity index (χ0v) is 17.6. The van der Waals surface area contributed by atoms with E-state index in [2.05, 4.69) is 10.3 Å². The number of piperazine rings is 1. The second kappa shape index (κ2) is 10.2. The number of nitrogens with zero attached hydrogens (tertiary/aromatic N) is 3. The number of nitrogens with one attached hydrogen (secondary N) is 1. The largest absolute Gasteiger partial charge is 0.454 e. The number of carbonyl (C=O) groups excluding carboxylic acids is 1. The van der Waals surface area contributed by atoms with Gasteiger partial charge in [0.15, 0.2) is 11.7 Å². The highest BCUT2D eigenvalue weighted by Crippen LogP contribution is 2.25. The maximum Gasteiger partial charge on any atom is 0.403 e. The first-order valence-electron chi connectivity index (χ1n) is 8.45. The predicted octanol–water partition coefficient (Wildman–Crippen LogP) is 2.03. The van der Waals surface area contributed by atoms with Crippen LogP contribution in [0.25, 0.3) is 0 Å². The van der Waals surface area contributed by atoms with Gasteiger partial charge in [0.05, 0.1) is 0 Å². The lowest BCUT2D eigenvalue weighted by Gasteiger charge is -2.39. The van der Waals surface area contributed by atoms with E-state index < -0.39 is 18.1 Å². The minimum absolute atomic E-state index is 0. The fourth-order valence-corrected chi connectivity index (χ4v) is 2.70. The van der Waals surface area contributed by atoms with E-state index >= 15 is 0 Å². The summed E-state index contributed by atoms with van der Waals surface area (Å²) in [7, 11) is 0. The molecule has 2 heterocycles. The molecule has 3 N–H and O–H groups in total. The molecule has 0 bridgehead atoms. The summed E-state index contributed by atoms with van der Waals surface area (Å²) in [5.41, 5.74) is 5.14. The topological polar surface area (TPSA) is 87.1 Å². The molecule has 1 fully saturated rings. The number of furan rings is 1. The average Bonchev–Trinajstić information content (AvgIpc) is 3.06. The minimum atomic E-state index is -4.22. The first-order chi connectivity index (χ1) is 12.2. The molecule has 0 saturated carbocycles. The SMILES string of the molecule is CCNC(=NCc1ccc(C(N)=O)o1)N1CCN(C(C)C(F)(F)F)CC1.I. The van der Waals surface area contributed by atoms with Crippen LogP contribution in [0.1, 0.15) is 30.2 Å². The Morgan fingerprint density at radius 1 is 1.33 bits per heavy atom. The van der Waals surface area contributed by atoms with Crippen LogP contribution in [0, 0.1) is 0 Å². The Balaban J connectivity index is 0.00000364. The van der Waals surface area contributed by atoms with E-state index in [0.717, 1.165) is 0 Å². The van der Waals surface area contributed by atoms with Crippen LogP contribution in [0.5, 0.6) is 0 Å². The Morgan fingerprint density at radius 3 is 2.44 bits per heavy atom. The van der Waals surface area contributed by atoms with Crippen LogP contribution in [0.3, 0.4) is 0 Å². The Labute approximate surface area is 173 Å². The van der Waals surface area contributed by atoms with Gasteiger partial charge in [-0.25, -0.2) is 4.99 Å². The molecule has 1 aliphatic heterocycles. The lowest BCUT2D eigenvalue weighted by Crippen LogP contribution is -2.56. The summed E-state index contributed by atoms with van der Waals surface area (Å²) in [5.74, 6) is 0.499. The van der Waals surface area contributed by atoms with Gasteiger partial charge in [-0.05, 0) is 26.0 Å². The van der Waals surface area contributed by atoms with Crippen molar-refractivity contribution in [1.82, 2.24) is 15.1 Å². The highest BCUT2D eigenvalue weighted by atomic mass is 127. The fourth-order valence-electron chi connectivity index (χ4n) is 2.70. The maximum absolute atomic E-state index is 12.8. The van der Waals surface area contributed by atoms with Crippen molar-refractivity contribution in [2.45, 2.75) is 32.6 Å². The van der Waals surface area contributed by atoms with Gasteiger partial charge in [0.2, 0.25) is 0 Å². The third-order valence-electron chi connectivity index (χ3n) is 4.26. The summed E-state index contributed by atoms with van der Waals surface area (Å²) in [5, 5.41) is 3.13. The Bertz CT molecular complexity index is 642. The van der Waals surface area contributed by atoms with Crippen molar-refractivity contribution in [1.29, 1.82) is 0 Å². The van der Waals surface area contributed by atoms with Crippen molar-refractivity contribution < 1.29 is 22.4 Å². The number of alkyl halides is 3. The first-order valence-corrected chi connectivity index (χ1v) is 8.45. The molecule has 0 aliphatic carbocycles. The molecule has 1 saturated heterocycles. The molecule has 1 unspecified atom stereocenters. The Morgan fingerprint density at radius 2 is 1.96 bits per heavy atom. The number of carbonyl (C=O) groups is 1. The van der Waals surface area contributed by atoms with Gasteiger partial charge in [-0.15, -0.1) is 24.0 Å². The van der Waals surface area contributed by atoms with Gasteiger partial charge in [0, 0.05) is 32.7 Å². The van der Waals surface area contributed by atoms with Crippen molar-refractivity contribution in [2.75, 3.05) is 32.7 Å². The molecule has 0 aromatic carbocycles. The summed E-state index contributed by atoms with van der Waals surface area (Å²) >= 11 is 0. The second-order valence-electron chi connectivity index (χ2n) is 6.04. The number of guanidine groups is 1. The van der Waals surface area contributed by atoms with E-state index in [1.54, 1.807) is 6.07 Å². The molecule has 1 aromatic heterocycles. The summed E-state index contributed by atoms with van der Waals surface area (Å²) < 4.78 is 43.8. The van der Waals surface area contributed by atoms with Crippen LogP contribution < -0.4 is 11.1 Å². The monoisotopic (exact) mass is 503 g/mol. The van der Waals surface area contributed by atoms with Crippen LogP contribution in [-0.4, -0.2) is 66.6 Å². The lowest BCUT2D eigenvalue weighted by atomic mass is 10.2. The number of primary amides is 1. The van der Waals surface area contributed by atoms with E-state index in [9.17, 15) is 18.0 Å². The van der Waals surface area contributed by atoms with E-state index in [1.807, 2.05) is 11.8 Å². The number of hydrogen-bond donors (Lipinski definition) is 2. The van der Waals surface area contributed by atoms with E-state index in [1.165, 1.54) is 17.9 Å². The van der Waals surface area contributed by atoms with Gasteiger partial charge in [-0.2, -0.15) is 13.2 Å². The summed E-state index contributed by atoms with van der Waals surface area (Å²) in [6.45, 7) is 5.42. The van der Waals surface area contributed by atoms with Gasteiger partial charge in [-0.1, -0.05) is 0 Å². The highest BCUT2D eigenvalue weighted by Gasteiger charge is 2.41. The zero-order valence-electron chi connectivity index (χ0n) is 15.3. The molecule has 2 rings (SSSR count). The van der Waals surface area contributed by atoms with Crippen molar-refractivity contribution in [3.05, 3.63) is 23.7 Å². The van der Waals surface area contributed by atoms with Crippen molar-refractivity contribution in [2.24, 2.45) is 10.7 Å². The zero-order chi connectivity index (χ0) is 19.3. The molecule has 1 aromatic rings. The van der Waals surface area contributed by atoms with Crippen LogP contribution in [0.4, 0.5) is 13.2 Å². The number of hydrogen-bond acceptors (Lipinski definition) is 4. The molecule has 11 heteroatoms. The van der Waals surface area contributed by atoms with Crippen LogP contribution in [0.2, 0.25) is 0 Å². The molecule has 7 nitrogen and oxygen atoms in total. The molecule has 0 radical (unpaired) electrons. The summed E-state index contributed by atoms with van der Waals surface area (Å²) in [4.78, 5) is 18.8. The Hall–Kier alpha value is -1.50. The molecule has 0 spiro atoms. The highest BCUT2D eigenvalue weighted by molar-refractivity contribution is 14.0. The standard InChI is InChI=1S/C16H24F3N5O2.HI/c1-3-21-15(22-10-12-4-5-13(26-12)14(20)25)24-8-6-23(7-9-24)11(2)16(17,18)19;/h4-5,11H,3,6-10H2,1-2H3,(H2,20,25)(H,21,22);1H. The molecule has 1 aliphatic rings. The van der Waals surface area contributed by atoms with Gasteiger partial charge in [-0.3, -0.25) is 9.69 Å². The van der Waals surface area contributed by atoms with Crippen molar-refractivity contribution in [3.8, 4) is 0 Å². The third kappa shape index (κ3) is 6.55. The molecular weight excluding hydrogens is 478 g/mol. The summed E-state index contributed by atoms with van der Waals surface area (Å²) in [6, 6.07) is 1.65. The first kappa shape index (κ1) is 23.5. The third-order valence-corrected chi connectivity index (χ3v) is 4.26. The number of nitrogens with two attached hydrogens (primary N) is 1. The lowest BCUT2D eigenvalue weighted by molar-refractivity contribution is -0.181. The van der Waals surface area contributed by atoms with E-state index in [0.29, 0.717) is 44.4 Å². The maximum atomic E-state index is 12.8. The van der Waals surface area contributed by atoms with Crippen molar-refractivity contribution >= 4 is 35.8 Å². The molecule has 1 atom stereocenters. The number of rotatable bonds is 5. The van der Waals surface area contributed by atoms with Crippen LogP contribution >= 0.6 is 24.0 Å². The fraction of sp³-hybridized carbons (Fsp3) is 0.625. The van der Waals surface area contributed by atoms with Gasteiger partial charge >= 0.3 is 6.18 Å². The van der Waals surface area contributed by atoms with E-state index in [4.69, 9.17) is 10.2 Å². The van der Waals surface area contributed by atoms with Crippen LogP contribution in [0.15, 0.2) is 21.5 Å². The van der Waals surface area contributed by atoms with Crippen LogP contribution in [-0.2, 0) is 6.54 Å². The molecule has 1 amide bonds. The number of halogens is 4. The predicted molar refractivity (Wildman–Crippen MR) is 106 cm³/mol. The molecule has 27 heavy (non-hydrogen) atoms. The smallest absolute Gasteiger partial charge is 0.403 e. The minimum Gasteiger partial charge on any atom is -0.454 e. The van der Waals surface area contributed by atoms with Crippen molar-refractivity contribution in [3.63, 3.8) is 0 Å². The molecule has 154 valence electrons. The quantitative estimate of drug-likeness (QED) is 0.365. The second-order valence-corrected chi connectivity index (χ2v) is 6.04.